The molecule has 1 saturated heterocycles. The smallest absolute Gasteiger partial charge is 0.416 e. The van der Waals surface area contributed by atoms with Crippen LogP contribution in [0, 0.1) is 19.8 Å². The molecule has 2 aliphatic rings. The molecule has 1 amide bonds. The van der Waals surface area contributed by atoms with Gasteiger partial charge in [0.15, 0.2) is 0 Å². The summed E-state index contributed by atoms with van der Waals surface area (Å²) in [6.07, 6.45) is -3.51. The van der Waals surface area contributed by atoms with Crippen LogP contribution in [0.25, 0.3) is 11.3 Å². The molecule has 1 aliphatic carbocycles. The number of benzene rings is 1. The molecule has 2 aromatic heterocycles. The van der Waals surface area contributed by atoms with Gasteiger partial charge in [0.05, 0.1) is 58.8 Å². The number of amides is 1. The lowest BCUT2D eigenvalue weighted by atomic mass is 10.0. The fourth-order valence-electron chi connectivity index (χ4n) is 5.87. The normalized spacial score (nSPS) is 18.0. The Morgan fingerprint density at radius 1 is 1.00 bits per heavy atom. The molecule has 1 aliphatic heterocycles. The number of carbonyl (C=O) groups is 1. The molecule has 1 N–H and O–H groups in total. The summed E-state index contributed by atoms with van der Waals surface area (Å²) in [4.78, 5) is 23.3. The van der Waals surface area contributed by atoms with Gasteiger partial charge in [-0.25, -0.2) is 9.78 Å². The maximum absolute atomic E-state index is 13.4. The number of aromatic nitrogens is 3. The average molecular weight is 626 g/mol. The topological polar surface area (TPSA) is 93.4 Å². The van der Waals surface area contributed by atoms with E-state index in [1.807, 2.05) is 0 Å². The van der Waals surface area contributed by atoms with Gasteiger partial charge >= 0.3 is 18.4 Å². The molecule has 1 unspecified atom stereocenters. The fourth-order valence-corrected chi connectivity index (χ4v) is 5.87. The maximum atomic E-state index is 13.4. The number of nitrogens with one attached hydrogen (secondary N) is 1. The van der Waals surface area contributed by atoms with Gasteiger partial charge in [-0.1, -0.05) is 30.8 Å². The first-order chi connectivity index (χ1) is 20.8. The van der Waals surface area contributed by atoms with Gasteiger partial charge in [-0.05, 0) is 62.9 Å². The Bertz CT molecular complexity index is 1430. The number of hydrogen-bond donors (Lipinski definition) is 1. The summed E-state index contributed by atoms with van der Waals surface area (Å²) in [5.74, 6) is 1.32. The number of alkyl halides is 6. The monoisotopic (exact) mass is 625 g/mol. The van der Waals surface area contributed by atoms with E-state index in [0.717, 1.165) is 25.3 Å². The quantitative estimate of drug-likeness (QED) is 0.184. The van der Waals surface area contributed by atoms with Crippen molar-refractivity contribution < 1.29 is 40.4 Å². The molecule has 3 heterocycles. The Morgan fingerprint density at radius 3 is 2.30 bits per heavy atom. The van der Waals surface area contributed by atoms with Crippen LogP contribution in [-0.2, 0) is 30.2 Å². The van der Waals surface area contributed by atoms with Crippen molar-refractivity contribution >= 4 is 6.09 Å². The van der Waals surface area contributed by atoms with Gasteiger partial charge in [0.2, 0.25) is 0 Å². The average Bonchev–Trinajstić information content (AvgIpc) is 3.69. The molecule has 0 bridgehead atoms. The van der Waals surface area contributed by atoms with Crippen molar-refractivity contribution in [2.45, 2.75) is 83.9 Å². The van der Waals surface area contributed by atoms with Gasteiger partial charge in [-0.2, -0.15) is 26.3 Å². The summed E-state index contributed by atoms with van der Waals surface area (Å²) < 4.78 is 91.0. The Labute approximate surface area is 250 Å². The number of ether oxygens (including phenoxy) is 1. The molecule has 5 rings (SSSR count). The molecule has 2 fully saturated rings. The molecule has 14 heteroatoms. The van der Waals surface area contributed by atoms with Gasteiger partial charge in [-0.3, -0.25) is 9.88 Å². The zero-order valence-electron chi connectivity index (χ0n) is 24.3. The zero-order valence-corrected chi connectivity index (χ0v) is 24.3. The summed E-state index contributed by atoms with van der Waals surface area (Å²) >= 11 is 0. The lowest BCUT2D eigenvalue weighted by Crippen LogP contribution is -2.27. The number of carbonyl (C=O) groups excluding carboxylic acids is 1. The van der Waals surface area contributed by atoms with Crippen molar-refractivity contribution in [1.29, 1.82) is 0 Å². The Hall–Kier alpha value is -3.68. The molecular formula is C30H33F6N5O3. The molecule has 238 valence electrons. The van der Waals surface area contributed by atoms with Gasteiger partial charge in [-0.15, -0.1) is 0 Å². The van der Waals surface area contributed by atoms with E-state index >= 15 is 0 Å². The summed E-state index contributed by atoms with van der Waals surface area (Å²) in [6.45, 7) is 4.25. The van der Waals surface area contributed by atoms with E-state index in [-0.39, 0.29) is 19.2 Å². The summed E-state index contributed by atoms with van der Waals surface area (Å²) in [7, 11) is 0. The SMILES string of the molecule is Cc1noc(C)c1-c1cnc(CN2CC(c3cc(C(F)(F)F)cc(C(F)(F)F)c3)OC2=O)c(CNCCCC2CCCC2)n1. The number of hydrogen-bond acceptors (Lipinski definition) is 7. The van der Waals surface area contributed by atoms with Crippen molar-refractivity contribution in [3.05, 3.63) is 63.9 Å². The lowest BCUT2D eigenvalue weighted by Gasteiger charge is -2.17. The van der Waals surface area contributed by atoms with Gasteiger partial charge < -0.3 is 14.6 Å². The van der Waals surface area contributed by atoms with E-state index in [1.54, 1.807) is 13.8 Å². The number of halogens is 6. The minimum atomic E-state index is -5.02. The van der Waals surface area contributed by atoms with Crippen LogP contribution in [0.2, 0.25) is 0 Å². The highest BCUT2D eigenvalue weighted by atomic mass is 19.4. The highest BCUT2D eigenvalue weighted by Gasteiger charge is 2.40. The maximum Gasteiger partial charge on any atom is 0.416 e. The Balaban J connectivity index is 1.34. The van der Waals surface area contributed by atoms with E-state index < -0.39 is 41.2 Å². The summed E-state index contributed by atoms with van der Waals surface area (Å²) in [5, 5.41) is 7.36. The summed E-state index contributed by atoms with van der Waals surface area (Å²) in [6, 6.07) is 1.20. The standard InChI is InChI=1S/C30H33F6N5O3/c1-17-27(18(2)44-40-17)24-14-38-25(23(39-24)13-37-9-5-8-19-6-3-4-7-19)15-41-16-26(43-28(41)42)20-10-21(29(31,32)33)12-22(11-20)30(34,35)36/h10-12,14,19,26,37H,3-9,13,15-16H2,1-2H3. The number of nitrogens with zero attached hydrogens (tertiary/aromatic N) is 4. The molecule has 44 heavy (non-hydrogen) atoms. The van der Waals surface area contributed by atoms with E-state index in [9.17, 15) is 31.1 Å². The molecule has 0 spiro atoms. The Kier molecular flexibility index (Phi) is 9.19. The van der Waals surface area contributed by atoms with Crippen LogP contribution >= 0.6 is 0 Å². The van der Waals surface area contributed by atoms with Crippen molar-refractivity contribution in [3.63, 3.8) is 0 Å². The predicted octanol–water partition coefficient (Wildman–Crippen LogP) is 7.54. The second-order valence-corrected chi connectivity index (χ2v) is 11.4. The molecule has 1 aromatic carbocycles. The second kappa shape index (κ2) is 12.7. The molecule has 8 nitrogen and oxygen atoms in total. The van der Waals surface area contributed by atoms with Crippen LogP contribution in [0.4, 0.5) is 31.1 Å². The molecule has 1 saturated carbocycles. The van der Waals surface area contributed by atoms with Crippen molar-refractivity contribution in [3.8, 4) is 11.3 Å². The number of cyclic esters (lactones) is 1. The van der Waals surface area contributed by atoms with E-state index in [4.69, 9.17) is 14.2 Å². The van der Waals surface area contributed by atoms with Crippen molar-refractivity contribution in [2.75, 3.05) is 13.1 Å². The molecule has 3 aromatic rings. The fraction of sp³-hybridized carbons (Fsp3) is 0.533. The number of rotatable bonds is 10. The van der Waals surface area contributed by atoms with Crippen molar-refractivity contribution in [1.82, 2.24) is 25.3 Å². The third-order valence-corrected chi connectivity index (χ3v) is 8.16. The predicted molar refractivity (Wildman–Crippen MR) is 146 cm³/mol. The molecular weight excluding hydrogens is 592 g/mol. The minimum absolute atomic E-state index is 0.0428. The Morgan fingerprint density at radius 2 is 1.68 bits per heavy atom. The summed E-state index contributed by atoms with van der Waals surface area (Å²) in [5.41, 5.74) is -0.537. The van der Waals surface area contributed by atoms with Crippen LogP contribution < -0.4 is 5.32 Å². The van der Waals surface area contributed by atoms with Crippen LogP contribution in [0.5, 0.6) is 0 Å². The third-order valence-electron chi connectivity index (χ3n) is 8.16. The van der Waals surface area contributed by atoms with E-state index in [1.165, 1.54) is 36.8 Å². The van der Waals surface area contributed by atoms with Gasteiger partial charge in [0.1, 0.15) is 11.9 Å². The third kappa shape index (κ3) is 7.33. The zero-order chi connectivity index (χ0) is 31.6. The van der Waals surface area contributed by atoms with Crippen LogP contribution in [0.15, 0.2) is 28.9 Å². The first-order valence-corrected chi connectivity index (χ1v) is 14.5. The highest BCUT2D eigenvalue weighted by molar-refractivity contribution is 5.70. The van der Waals surface area contributed by atoms with Crippen molar-refractivity contribution in [2.24, 2.45) is 5.92 Å². The molecule has 1 atom stereocenters. The van der Waals surface area contributed by atoms with Crippen LogP contribution in [0.3, 0.4) is 0 Å². The molecule has 0 radical (unpaired) electrons. The number of aryl methyl sites for hydroxylation is 2. The van der Waals surface area contributed by atoms with Gasteiger partial charge in [0, 0.05) is 6.54 Å². The van der Waals surface area contributed by atoms with Crippen LogP contribution in [-0.4, -0.2) is 39.2 Å². The van der Waals surface area contributed by atoms with E-state index in [2.05, 4.69) is 15.5 Å². The second-order valence-electron chi connectivity index (χ2n) is 11.4. The van der Waals surface area contributed by atoms with Crippen LogP contribution in [0.1, 0.15) is 84.2 Å². The largest absolute Gasteiger partial charge is 0.439 e. The van der Waals surface area contributed by atoms with Gasteiger partial charge in [0.25, 0.3) is 0 Å². The first-order valence-electron chi connectivity index (χ1n) is 14.5. The van der Waals surface area contributed by atoms with E-state index in [0.29, 0.717) is 52.8 Å². The first kappa shape index (κ1) is 31.7. The minimum Gasteiger partial charge on any atom is -0.439 e. The highest BCUT2D eigenvalue weighted by Crippen LogP contribution is 2.39. The lowest BCUT2D eigenvalue weighted by molar-refractivity contribution is -0.143.